The van der Waals surface area contributed by atoms with E-state index in [4.69, 9.17) is 5.73 Å². The number of nitrogens with two attached hydrogens (primary N) is 1. The molecule has 6 heteroatoms. The number of hydrogen-bond donors (Lipinski definition) is 2. The quantitative estimate of drug-likeness (QED) is 0.743. The van der Waals surface area contributed by atoms with E-state index in [1.807, 2.05) is 0 Å². The number of amides is 1. The molecule has 0 saturated heterocycles. The highest BCUT2D eigenvalue weighted by Crippen LogP contribution is 2.16. The van der Waals surface area contributed by atoms with Gasteiger partial charge in [-0.3, -0.25) is 9.48 Å². The van der Waals surface area contributed by atoms with Crippen LogP contribution in [-0.2, 0) is 6.54 Å². The molecule has 0 spiro atoms. The van der Waals surface area contributed by atoms with Crippen LogP contribution in [0.3, 0.4) is 0 Å². The van der Waals surface area contributed by atoms with Crippen molar-refractivity contribution < 1.29 is 4.79 Å². The van der Waals surface area contributed by atoms with Gasteiger partial charge in [-0.15, -0.1) is 5.10 Å². The Balaban J connectivity index is 1.84. The summed E-state index contributed by atoms with van der Waals surface area (Å²) in [5.41, 5.74) is 7.06. The third-order valence-electron chi connectivity index (χ3n) is 2.99. The second-order valence-corrected chi connectivity index (χ2v) is 4.45. The molecular weight excluding hydrogens is 230 g/mol. The summed E-state index contributed by atoms with van der Waals surface area (Å²) in [6.07, 6.45) is 8.52. The van der Waals surface area contributed by atoms with E-state index in [1.54, 1.807) is 10.9 Å². The van der Waals surface area contributed by atoms with E-state index in [0.29, 0.717) is 25.3 Å². The zero-order valence-corrected chi connectivity index (χ0v) is 10.4. The van der Waals surface area contributed by atoms with Crippen molar-refractivity contribution in [3.63, 3.8) is 0 Å². The number of aromatic nitrogens is 3. The van der Waals surface area contributed by atoms with Gasteiger partial charge in [-0.25, -0.2) is 0 Å². The van der Waals surface area contributed by atoms with Gasteiger partial charge in [0.2, 0.25) is 0 Å². The van der Waals surface area contributed by atoms with E-state index >= 15 is 0 Å². The summed E-state index contributed by atoms with van der Waals surface area (Å²) >= 11 is 0. The summed E-state index contributed by atoms with van der Waals surface area (Å²) in [5, 5.41) is 10.5. The third-order valence-corrected chi connectivity index (χ3v) is 2.99. The van der Waals surface area contributed by atoms with Crippen molar-refractivity contribution >= 4 is 5.91 Å². The van der Waals surface area contributed by atoms with Crippen LogP contribution < -0.4 is 11.1 Å². The maximum atomic E-state index is 11.8. The summed E-state index contributed by atoms with van der Waals surface area (Å²) in [7, 11) is 0. The molecule has 1 aromatic heterocycles. The van der Waals surface area contributed by atoms with Gasteiger partial charge in [-0.1, -0.05) is 16.9 Å². The molecular formula is C12H19N5O. The van der Waals surface area contributed by atoms with Gasteiger partial charge in [0.15, 0.2) is 5.69 Å². The van der Waals surface area contributed by atoms with Gasteiger partial charge in [0.05, 0.1) is 12.7 Å². The van der Waals surface area contributed by atoms with Crippen molar-refractivity contribution in [2.24, 2.45) is 5.73 Å². The van der Waals surface area contributed by atoms with Crippen LogP contribution in [-0.4, -0.2) is 34.0 Å². The maximum Gasteiger partial charge on any atom is 0.273 e. The second-order valence-electron chi connectivity index (χ2n) is 4.45. The average molecular weight is 249 g/mol. The van der Waals surface area contributed by atoms with E-state index in [-0.39, 0.29) is 5.91 Å². The van der Waals surface area contributed by atoms with Crippen molar-refractivity contribution in [1.82, 2.24) is 20.3 Å². The molecule has 1 heterocycles. The van der Waals surface area contributed by atoms with Gasteiger partial charge >= 0.3 is 0 Å². The number of nitrogens with one attached hydrogen (secondary N) is 1. The van der Waals surface area contributed by atoms with Crippen LogP contribution in [0.25, 0.3) is 0 Å². The minimum atomic E-state index is -0.176. The summed E-state index contributed by atoms with van der Waals surface area (Å²) in [5.74, 6) is -0.176. The summed E-state index contributed by atoms with van der Waals surface area (Å²) in [4.78, 5) is 11.8. The maximum absolute atomic E-state index is 11.8. The summed E-state index contributed by atoms with van der Waals surface area (Å²) in [6, 6.07) is 0. The fourth-order valence-electron chi connectivity index (χ4n) is 1.99. The van der Waals surface area contributed by atoms with Crippen molar-refractivity contribution in [2.45, 2.75) is 32.2 Å². The Morgan fingerprint density at radius 1 is 1.50 bits per heavy atom. The van der Waals surface area contributed by atoms with Crippen molar-refractivity contribution in [3.05, 3.63) is 23.5 Å². The van der Waals surface area contributed by atoms with Gasteiger partial charge < -0.3 is 11.1 Å². The predicted molar refractivity (Wildman–Crippen MR) is 68.0 cm³/mol. The third kappa shape index (κ3) is 3.40. The predicted octanol–water partition coefficient (Wildman–Crippen LogP) is 0.467. The lowest BCUT2D eigenvalue weighted by molar-refractivity contribution is 0.0951. The lowest BCUT2D eigenvalue weighted by Gasteiger charge is -2.12. The Kier molecular flexibility index (Phi) is 4.46. The van der Waals surface area contributed by atoms with E-state index in [9.17, 15) is 4.79 Å². The van der Waals surface area contributed by atoms with Crippen LogP contribution >= 0.6 is 0 Å². The molecule has 0 saturated carbocycles. The molecule has 2 rings (SSSR count). The highest BCUT2D eigenvalue weighted by Gasteiger charge is 2.11. The van der Waals surface area contributed by atoms with Crippen LogP contribution in [0, 0.1) is 0 Å². The minimum Gasteiger partial charge on any atom is -0.347 e. The molecule has 0 unspecified atom stereocenters. The Hall–Kier alpha value is -1.69. The first-order valence-electron chi connectivity index (χ1n) is 6.36. The van der Waals surface area contributed by atoms with Gasteiger partial charge in [0, 0.05) is 13.1 Å². The number of hydrogen-bond acceptors (Lipinski definition) is 4. The first-order chi connectivity index (χ1) is 8.79. The Bertz CT molecular complexity index is 437. The van der Waals surface area contributed by atoms with E-state index in [1.165, 1.54) is 18.4 Å². The minimum absolute atomic E-state index is 0.176. The molecule has 1 aliphatic carbocycles. The number of carbonyl (C=O) groups is 1. The molecule has 18 heavy (non-hydrogen) atoms. The normalized spacial score (nSPS) is 15.3. The first-order valence-corrected chi connectivity index (χ1v) is 6.36. The van der Waals surface area contributed by atoms with Crippen LogP contribution in [0.2, 0.25) is 0 Å². The molecule has 0 bridgehead atoms. The average Bonchev–Trinajstić information content (AvgIpc) is 2.86. The highest BCUT2D eigenvalue weighted by molar-refractivity contribution is 5.91. The Morgan fingerprint density at radius 2 is 2.39 bits per heavy atom. The molecule has 0 atom stereocenters. The van der Waals surface area contributed by atoms with Crippen LogP contribution in [0.1, 0.15) is 36.2 Å². The molecule has 6 nitrogen and oxygen atoms in total. The van der Waals surface area contributed by atoms with Crippen molar-refractivity contribution in [3.8, 4) is 0 Å². The number of rotatable bonds is 5. The zero-order valence-electron chi connectivity index (χ0n) is 10.4. The van der Waals surface area contributed by atoms with E-state index in [2.05, 4.69) is 21.7 Å². The SMILES string of the molecule is NCCn1cc(C(=O)NCC2=CCCCC2)nn1. The molecule has 0 radical (unpaired) electrons. The molecule has 98 valence electrons. The number of nitrogens with zero attached hydrogens (tertiary/aromatic N) is 3. The van der Waals surface area contributed by atoms with Crippen molar-refractivity contribution in [2.75, 3.05) is 13.1 Å². The van der Waals surface area contributed by atoms with Gasteiger partial charge in [0.25, 0.3) is 5.91 Å². The molecule has 0 aliphatic heterocycles. The van der Waals surface area contributed by atoms with Crippen LogP contribution in [0.4, 0.5) is 0 Å². The lowest BCUT2D eigenvalue weighted by Crippen LogP contribution is -2.26. The smallest absolute Gasteiger partial charge is 0.273 e. The summed E-state index contributed by atoms with van der Waals surface area (Å²) in [6.45, 7) is 1.67. The van der Waals surface area contributed by atoms with E-state index in [0.717, 1.165) is 12.8 Å². The Morgan fingerprint density at radius 3 is 3.11 bits per heavy atom. The molecule has 3 N–H and O–H groups in total. The van der Waals surface area contributed by atoms with Crippen molar-refractivity contribution in [1.29, 1.82) is 0 Å². The fourth-order valence-corrected chi connectivity index (χ4v) is 1.99. The molecule has 1 amide bonds. The monoisotopic (exact) mass is 249 g/mol. The lowest BCUT2D eigenvalue weighted by atomic mass is 10.00. The molecule has 0 aromatic carbocycles. The standard InChI is InChI=1S/C12H19N5O/c13-6-7-17-9-11(15-16-17)12(18)14-8-10-4-2-1-3-5-10/h4,9H,1-3,5-8,13H2,(H,14,18). The summed E-state index contributed by atoms with van der Waals surface area (Å²) < 4.78 is 1.58. The first kappa shape index (κ1) is 12.8. The van der Waals surface area contributed by atoms with Gasteiger partial charge in [-0.05, 0) is 25.7 Å². The van der Waals surface area contributed by atoms with Crippen LogP contribution in [0.5, 0.6) is 0 Å². The zero-order chi connectivity index (χ0) is 12.8. The van der Waals surface area contributed by atoms with E-state index < -0.39 is 0 Å². The van der Waals surface area contributed by atoms with Crippen LogP contribution in [0.15, 0.2) is 17.8 Å². The van der Waals surface area contributed by atoms with Gasteiger partial charge in [0.1, 0.15) is 0 Å². The van der Waals surface area contributed by atoms with Gasteiger partial charge in [-0.2, -0.15) is 0 Å². The largest absolute Gasteiger partial charge is 0.347 e. The highest BCUT2D eigenvalue weighted by atomic mass is 16.2. The Labute approximate surface area is 106 Å². The molecule has 1 aliphatic rings. The topological polar surface area (TPSA) is 85.8 Å². The second kappa shape index (κ2) is 6.30. The number of allylic oxidation sites excluding steroid dienone is 1. The fraction of sp³-hybridized carbons (Fsp3) is 0.583. The molecule has 0 fully saturated rings. The molecule has 1 aromatic rings. The number of carbonyl (C=O) groups excluding carboxylic acids is 1.